The van der Waals surface area contributed by atoms with Gasteiger partial charge in [-0.05, 0) is 49.2 Å². The third kappa shape index (κ3) is 4.53. The van der Waals surface area contributed by atoms with Crippen LogP contribution in [0.15, 0.2) is 72.8 Å². The second kappa shape index (κ2) is 8.18. The van der Waals surface area contributed by atoms with E-state index in [0.717, 1.165) is 21.5 Å². The van der Waals surface area contributed by atoms with Crippen LogP contribution < -0.4 is 0 Å². The number of nitrogens with zero attached hydrogens (tertiary/aromatic N) is 4. The first-order valence-electron chi connectivity index (χ1n) is 9.56. The van der Waals surface area contributed by atoms with E-state index in [1.165, 1.54) is 24.3 Å². The van der Waals surface area contributed by atoms with E-state index in [1.54, 1.807) is 36.4 Å². The van der Waals surface area contributed by atoms with Crippen molar-refractivity contribution >= 4 is 0 Å². The van der Waals surface area contributed by atoms with Crippen molar-refractivity contribution in [3.63, 3.8) is 0 Å². The summed E-state index contributed by atoms with van der Waals surface area (Å²) >= 11 is 0. The second-order valence-corrected chi connectivity index (χ2v) is 7.03. The molecular formula is C22H16F6N4. The fraction of sp³-hybridized carbons (Fsp3) is 0.182. The van der Waals surface area contributed by atoms with Gasteiger partial charge in [0, 0.05) is 0 Å². The summed E-state index contributed by atoms with van der Waals surface area (Å²) in [5, 5.41) is 8.08. The molecule has 0 unspecified atom stereocenters. The molecule has 0 saturated heterocycles. The smallest absolute Gasteiger partial charge is 0.228 e. The van der Waals surface area contributed by atoms with E-state index in [0.29, 0.717) is 0 Å². The maximum absolute atomic E-state index is 13.5. The molecule has 4 aromatic rings. The number of alkyl halides is 6. The van der Waals surface area contributed by atoms with Crippen LogP contribution in [0.4, 0.5) is 26.3 Å². The summed E-state index contributed by atoms with van der Waals surface area (Å²) in [5.41, 5.74) is -1.24. The molecule has 0 fully saturated rings. The van der Waals surface area contributed by atoms with Gasteiger partial charge in [0.05, 0.1) is 22.8 Å². The Balaban J connectivity index is 1.63. The number of hydrogen-bond acceptors (Lipinski definition) is 2. The molecule has 0 aliphatic rings. The molecule has 2 aromatic heterocycles. The highest BCUT2D eigenvalue weighted by Gasteiger charge is 2.37. The Hall–Kier alpha value is -3.56. The minimum absolute atomic E-state index is 0.00792. The molecule has 32 heavy (non-hydrogen) atoms. The number of benzene rings is 2. The molecule has 0 bridgehead atoms. The number of aryl methyl sites for hydroxylation is 2. The van der Waals surface area contributed by atoms with E-state index in [9.17, 15) is 26.3 Å². The molecule has 166 valence electrons. The van der Waals surface area contributed by atoms with Crippen LogP contribution in [0, 0.1) is 0 Å². The minimum atomic E-state index is -4.64. The van der Waals surface area contributed by atoms with Crippen molar-refractivity contribution in [1.82, 2.24) is 19.6 Å². The lowest BCUT2D eigenvalue weighted by Gasteiger charge is -2.09. The average molecular weight is 450 g/mol. The Labute approximate surface area is 178 Å². The molecule has 0 radical (unpaired) electrons. The van der Waals surface area contributed by atoms with Crippen molar-refractivity contribution in [2.24, 2.45) is 0 Å². The topological polar surface area (TPSA) is 35.6 Å². The highest BCUT2D eigenvalue weighted by Crippen LogP contribution is 2.33. The maximum atomic E-state index is 13.5. The van der Waals surface area contributed by atoms with Gasteiger partial charge in [-0.2, -0.15) is 36.5 Å². The standard InChI is InChI=1S/C22H16F6N4/c23-21(24,25)19-13-15(29-31(19)17-7-3-1-4-8-17)11-12-16-14-20(22(26,27)28)32(30-16)18-9-5-2-6-10-18/h1-10,13-14H,11-12H2. The zero-order chi connectivity index (χ0) is 22.9. The van der Waals surface area contributed by atoms with Crippen molar-refractivity contribution < 1.29 is 26.3 Å². The summed E-state index contributed by atoms with van der Waals surface area (Å²) in [7, 11) is 0. The van der Waals surface area contributed by atoms with Gasteiger partial charge in [0.25, 0.3) is 0 Å². The number of para-hydroxylation sites is 2. The third-order valence-electron chi connectivity index (χ3n) is 4.74. The van der Waals surface area contributed by atoms with Crippen molar-refractivity contribution in [3.8, 4) is 11.4 Å². The monoisotopic (exact) mass is 450 g/mol. The first-order valence-corrected chi connectivity index (χ1v) is 9.56. The van der Waals surface area contributed by atoms with Crippen LogP contribution >= 0.6 is 0 Å². The van der Waals surface area contributed by atoms with Crippen molar-refractivity contribution in [2.45, 2.75) is 25.2 Å². The molecule has 0 N–H and O–H groups in total. The van der Waals surface area contributed by atoms with Crippen molar-refractivity contribution in [3.05, 3.63) is 95.6 Å². The predicted octanol–water partition coefficient (Wildman–Crippen LogP) is 5.88. The van der Waals surface area contributed by atoms with Crippen molar-refractivity contribution in [1.29, 1.82) is 0 Å². The van der Waals surface area contributed by atoms with Crippen molar-refractivity contribution in [2.75, 3.05) is 0 Å². The summed E-state index contributed by atoms with van der Waals surface area (Å²) in [6, 6.07) is 17.5. The first-order chi connectivity index (χ1) is 15.1. The van der Waals surface area contributed by atoms with Gasteiger partial charge in [-0.1, -0.05) is 36.4 Å². The van der Waals surface area contributed by atoms with Gasteiger partial charge >= 0.3 is 12.4 Å². The average Bonchev–Trinajstić information content (AvgIpc) is 3.38. The molecule has 0 aliphatic carbocycles. The fourth-order valence-corrected chi connectivity index (χ4v) is 3.30. The molecular weight excluding hydrogens is 434 g/mol. The third-order valence-corrected chi connectivity index (χ3v) is 4.74. The summed E-state index contributed by atoms with van der Waals surface area (Å²) in [6.07, 6.45) is -9.29. The molecule has 0 saturated carbocycles. The van der Waals surface area contributed by atoms with Gasteiger partial charge in [0.2, 0.25) is 0 Å². The molecule has 4 nitrogen and oxygen atoms in total. The SMILES string of the molecule is FC(F)(F)c1cc(CCc2cc(C(F)(F)F)n(-c3ccccc3)n2)nn1-c1ccccc1. The van der Waals surface area contributed by atoms with Crippen LogP contribution in [0.3, 0.4) is 0 Å². The first kappa shape index (κ1) is 21.7. The number of hydrogen-bond donors (Lipinski definition) is 0. The lowest BCUT2D eigenvalue weighted by Crippen LogP contribution is -2.13. The molecule has 0 amide bonds. The van der Waals surface area contributed by atoms with E-state index in [-0.39, 0.29) is 35.6 Å². The second-order valence-electron chi connectivity index (χ2n) is 7.03. The summed E-state index contributed by atoms with van der Waals surface area (Å²) in [6.45, 7) is 0. The van der Waals surface area contributed by atoms with E-state index in [4.69, 9.17) is 0 Å². The Morgan fingerprint density at radius 1 is 0.562 bits per heavy atom. The largest absolute Gasteiger partial charge is 0.433 e. The number of halogens is 6. The van der Waals surface area contributed by atoms with Crippen LogP contribution in [0.25, 0.3) is 11.4 Å². The highest BCUT2D eigenvalue weighted by molar-refractivity contribution is 5.36. The lowest BCUT2D eigenvalue weighted by atomic mass is 10.2. The van der Waals surface area contributed by atoms with Gasteiger partial charge in [-0.15, -0.1) is 0 Å². The van der Waals surface area contributed by atoms with Gasteiger partial charge < -0.3 is 0 Å². The van der Waals surface area contributed by atoms with Crippen LogP contribution in [-0.2, 0) is 25.2 Å². The summed E-state index contributed by atoms with van der Waals surface area (Å²) < 4.78 is 82.5. The zero-order valence-electron chi connectivity index (χ0n) is 16.4. The molecule has 2 aromatic carbocycles. The van der Waals surface area contributed by atoms with Crippen LogP contribution in [-0.4, -0.2) is 19.6 Å². The van der Waals surface area contributed by atoms with Gasteiger partial charge in [0.15, 0.2) is 0 Å². The molecule has 4 rings (SSSR count). The van der Waals surface area contributed by atoms with Crippen LogP contribution in [0.2, 0.25) is 0 Å². The van der Waals surface area contributed by atoms with E-state index < -0.39 is 23.7 Å². The summed E-state index contributed by atoms with van der Waals surface area (Å²) in [5.74, 6) is 0. The highest BCUT2D eigenvalue weighted by atomic mass is 19.4. The maximum Gasteiger partial charge on any atom is 0.433 e. The summed E-state index contributed by atoms with van der Waals surface area (Å²) in [4.78, 5) is 0. The predicted molar refractivity (Wildman–Crippen MR) is 105 cm³/mol. The molecule has 0 aliphatic heterocycles. The Morgan fingerprint density at radius 2 is 0.906 bits per heavy atom. The van der Waals surface area contributed by atoms with Gasteiger partial charge in [-0.25, -0.2) is 9.36 Å². The van der Waals surface area contributed by atoms with Crippen LogP contribution in [0.5, 0.6) is 0 Å². The molecule has 10 heteroatoms. The zero-order valence-corrected chi connectivity index (χ0v) is 16.4. The Kier molecular flexibility index (Phi) is 5.53. The number of rotatable bonds is 5. The Morgan fingerprint density at radius 3 is 1.22 bits per heavy atom. The minimum Gasteiger partial charge on any atom is -0.228 e. The van der Waals surface area contributed by atoms with Gasteiger partial charge in [-0.3, -0.25) is 0 Å². The number of aromatic nitrogens is 4. The van der Waals surface area contributed by atoms with E-state index in [1.807, 2.05) is 0 Å². The van der Waals surface area contributed by atoms with Crippen LogP contribution in [0.1, 0.15) is 22.8 Å². The molecule has 0 atom stereocenters. The fourth-order valence-electron chi connectivity index (χ4n) is 3.30. The van der Waals surface area contributed by atoms with E-state index >= 15 is 0 Å². The Bertz CT molecular complexity index is 1100. The molecule has 0 spiro atoms. The van der Waals surface area contributed by atoms with E-state index in [2.05, 4.69) is 10.2 Å². The molecule has 2 heterocycles. The quantitative estimate of drug-likeness (QED) is 0.356. The van der Waals surface area contributed by atoms with Gasteiger partial charge in [0.1, 0.15) is 11.4 Å². The lowest BCUT2D eigenvalue weighted by molar-refractivity contribution is -0.143. The normalized spacial score (nSPS) is 12.3.